The van der Waals surface area contributed by atoms with Gasteiger partial charge in [0, 0.05) is 37.9 Å². The lowest BCUT2D eigenvalue weighted by atomic mass is 10.0. The SMILES string of the molecule is Cc1cc(C(=O)N2CC(N3CCOC(c4nc(C)no4)C3)C2)nc(C)n1. The van der Waals surface area contributed by atoms with Gasteiger partial charge >= 0.3 is 0 Å². The number of nitrogens with zero attached hydrogens (tertiary/aromatic N) is 6. The van der Waals surface area contributed by atoms with Crippen LogP contribution in [0.4, 0.5) is 0 Å². The molecule has 1 unspecified atom stereocenters. The number of morpholine rings is 1. The summed E-state index contributed by atoms with van der Waals surface area (Å²) in [5.74, 6) is 1.71. The fourth-order valence-electron chi connectivity index (χ4n) is 3.43. The van der Waals surface area contributed by atoms with Gasteiger partial charge in [0.05, 0.1) is 6.61 Å². The van der Waals surface area contributed by atoms with Crippen molar-refractivity contribution in [3.8, 4) is 0 Å². The van der Waals surface area contributed by atoms with Crippen LogP contribution in [-0.4, -0.2) is 74.6 Å². The van der Waals surface area contributed by atoms with Crippen LogP contribution in [0.15, 0.2) is 10.6 Å². The molecule has 2 saturated heterocycles. The third-order valence-electron chi connectivity index (χ3n) is 4.77. The zero-order chi connectivity index (χ0) is 18.3. The molecule has 26 heavy (non-hydrogen) atoms. The average molecular weight is 358 g/mol. The second-order valence-corrected chi connectivity index (χ2v) is 6.84. The Morgan fingerprint density at radius 3 is 2.62 bits per heavy atom. The van der Waals surface area contributed by atoms with Gasteiger partial charge in [0.1, 0.15) is 17.6 Å². The van der Waals surface area contributed by atoms with Gasteiger partial charge in [0.15, 0.2) is 5.82 Å². The third kappa shape index (κ3) is 3.32. The number of aromatic nitrogens is 4. The van der Waals surface area contributed by atoms with Crippen LogP contribution < -0.4 is 0 Å². The topological polar surface area (TPSA) is 97.5 Å². The van der Waals surface area contributed by atoms with Gasteiger partial charge in [0.25, 0.3) is 11.8 Å². The fraction of sp³-hybridized carbons (Fsp3) is 0.588. The molecular formula is C17H22N6O3. The third-order valence-corrected chi connectivity index (χ3v) is 4.77. The molecule has 4 heterocycles. The molecule has 2 aliphatic rings. The molecule has 2 aromatic heterocycles. The Morgan fingerprint density at radius 1 is 1.12 bits per heavy atom. The molecule has 1 atom stereocenters. The second-order valence-electron chi connectivity index (χ2n) is 6.84. The van der Waals surface area contributed by atoms with Crippen LogP contribution in [0.1, 0.15) is 39.8 Å². The highest BCUT2D eigenvalue weighted by atomic mass is 16.5. The van der Waals surface area contributed by atoms with Crippen molar-refractivity contribution in [2.24, 2.45) is 0 Å². The van der Waals surface area contributed by atoms with Gasteiger partial charge in [-0.25, -0.2) is 9.97 Å². The van der Waals surface area contributed by atoms with Crippen molar-refractivity contribution in [3.63, 3.8) is 0 Å². The minimum Gasteiger partial charge on any atom is -0.366 e. The van der Waals surface area contributed by atoms with Crippen molar-refractivity contribution in [2.75, 3.05) is 32.8 Å². The van der Waals surface area contributed by atoms with E-state index in [1.807, 2.05) is 11.8 Å². The van der Waals surface area contributed by atoms with Gasteiger partial charge in [-0.05, 0) is 26.8 Å². The van der Waals surface area contributed by atoms with Crippen molar-refractivity contribution < 1.29 is 14.1 Å². The van der Waals surface area contributed by atoms with Crippen LogP contribution in [0.25, 0.3) is 0 Å². The second kappa shape index (κ2) is 6.73. The summed E-state index contributed by atoms with van der Waals surface area (Å²) in [5.41, 5.74) is 1.28. The van der Waals surface area contributed by atoms with Gasteiger partial charge in [-0.3, -0.25) is 9.69 Å². The van der Waals surface area contributed by atoms with Crippen LogP contribution in [0.2, 0.25) is 0 Å². The summed E-state index contributed by atoms with van der Waals surface area (Å²) in [6.45, 7) is 8.99. The highest BCUT2D eigenvalue weighted by molar-refractivity contribution is 5.93. The van der Waals surface area contributed by atoms with E-state index in [9.17, 15) is 4.79 Å². The number of carbonyl (C=O) groups excluding carboxylic acids is 1. The van der Waals surface area contributed by atoms with Crippen molar-refractivity contribution in [1.29, 1.82) is 0 Å². The number of ether oxygens (including phenoxy) is 1. The first kappa shape index (κ1) is 17.0. The molecule has 0 aromatic carbocycles. The molecule has 2 fully saturated rings. The molecule has 9 nitrogen and oxygen atoms in total. The minimum atomic E-state index is -0.207. The van der Waals surface area contributed by atoms with Gasteiger partial charge in [0.2, 0.25) is 0 Å². The standard InChI is InChI=1S/C17H22N6O3/c1-10-6-14(19-11(2)18-10)17(24)23-7-13(8-23)22-4-5-25-15(9-22)16-20-12(3)21-26-16/h6,13,15H,4-5,7-9H2,1-3H3. The Bertz CT molecular complexity index is 796. The molecule has 4 rings (SSSR count). The van der Waals surface area contributed by atoms with E-state index in [1.165, 1.54) is 0 Å². The predicted octanol–water partition coefficient (Wildman–Crippen LogP) is 0.683. The van der Waals surface area contributed by atoms with Crippen LogP contribution in [0, 0.1) is 20.8 Å². The van der Waals surface area contributed by atoms with E-state index in [1.54, 1.807) is 19.9 Å². The van der Waals surface area contributed by atoms with Crippen LogP contribution >= 0.6 is 0 Å². The maximum Gasteiger partial charge on any atom is 0.272 e. The van der Waals surface area contributed by atoms with E-state index in [4.69, 9.17) is 9.26 Å². The van der Waals surface area contributed by atoms with Crippen LogP contribution in [0.3, 0.4) is 0 Å². The number of likely N-dealkylation sites (tertiary alicyclic amines) is 1. The van der Waals surface area contributed by atoms with E-state index < -0.39 is 0 Å². The molecule has 138 valence electrons. The van der Waals surface area contributed by atoms with Crippen molar-refractivity contribution >= 4 is 5.91 Å². The summed E-state index contributed by atoms with van der Waals surface area (Å²) in [4.78, 5) is 29.5. The zero-order valence-electron chi connectivity index (χ0n) is 15.2. The Morgan fingerprint density at radius 2 is 1.92 bits per heavy atom. The zero-order valence-corrected chi connectivity index (χ0v) is 15.2. The summed E-state index contributed by atoms with van der Waals surface area (Å²) in [6, 6.07) is 2.06. The molecule has 0 saturated carbocycles. The van der Waals surface area contributed by atoms with Gasteiger partial charge < -0.3 is 14.2 Å². The molecule has 2 aliphatic heterocycles. The lowest BCUT2D eigenvalue weighted by Gasteiger charge is -2.47. The molecule has 1 amide bonds. The highest BCUT2D eigenvalue weighted by Gasteiger charge is 2.39. The first-order chi connectivity index (χ1) is 12.5. The molecule has 0 bridgehead atoms. The molecule has 0 N–H and O–H groups in total. The lowest BCUT2D eigenvalue weighted by molar-refractivity contribution is -0.0782. The largest absolute Gasteiger partial charge is 0.366 e. The summed E-state index contributed by atoms with van der Waals surface area (Å²) >= 11 is 0. The first-order valence-corrected chi connectivity index (χ1v) is 8.77. The Balaban J connectivity index is 1.36. The number of hydrogen-bond donors (Lipinski definition) is 0. The summed E-state index contributed by atoms with van der Waals surface area (Å²) < 4.78 is 11.0. The van der Waals surface area contributed by atoms with Crippen LogP contribution in [0.5, 0.6) is 0 Å². The maximum atomic E-state index is 12.6. The first-order valence-electron chi connectivity index (χ1n) is 8.77. The van der Waals surface area contributed by atoms with E-state index in [2.05, 4.69) is 25.0 Å². The average Bonchev–Trinajstić information content (AvgIpc) is 2.99. The summed E-state index contributed by atoms with van der Waals surface area (Å²) in [6.07, 6.45) is -0.207. The van der Waals surface area contributed by atoms with Crippen molar-refractivity contribution in [1.82, 2.24) is 29.9 Å². The number of hydrogen-bond acceptors (Lipinski definition) is 8. The number of amides is 1. The smallest absolute Gasteiger partial charge is 0.272 e. The normalized spacial score (nSPS) is 21.7. The number of carbonyl (C=O) groups is 1. The monoisotopic (exact) mass is 358 g/mol. The number of aryl methyl sites for hydroxylation is 3. The van der Waals surface area contributed by atoms with E-state index in [0.29, 0.717) is 55.5 Å². The molecule has 9 heteroatoms. The predicted molar refractivity (Wildman–Crippen MR) is 90.5 cm³/mol. The summed E-state index contributed by atoms with van der Waals surface area (Å²) in [5, 5.41) is 3.83. The molecular weight excluding hydrogens is 336 g/mol. The van der Waals surface area contributed by atoms with Crippen molar-refractivity contribution in [3.05, 3.63) is 35.0 Å². The Labute approximate surface area is 151 Å². The van der Waals surface area contributed by atoms with E-state index in [0.717, 1.165) is 12.2 Å². The molecule has 0 aliphatic carbocycles. The Kier molecular flexibility index (Phi) is 4.41. The van der Waals surface area contributed by atoms with Crippen molar-refractivity contribution in [2.45, 2.75) is 32.9 Å². The van der Waals surface area contributed by atoms with Gasteiger partial charge in [-0.1, -0.05) is 5.16 Å². The van der Waals surface area contributed by atoms with Gasteiger partial charge in [-0.15, -0.1) is 0 Å². The Hall–Kier alpha value is -2.39. The van der Waals surface area contributed by atoms with E-state index in [-0.39, 0.29) is 12.0 Å². The van der Waals surface area contributed by atoms with E-state index >= 15 is 0 Å². The van der Waals surface area contributed by atoms with Crippen LogP contribution in [-0.2, 0) is 4.74 Å². The molecule has 2 aromatic rings. The molecule has 0 spiro atoms. The maximum absolute atomic E-state index is 12.6. The quantitative estimate of drug-likeness (QED) is 0.790. The summed E-state index contributed by atoms with van der Waals surface area (Å²) in [7, 11) is 0. The lowest BCUT2D eigenvalue weighted by Crippen LogP contribution is -2.63. The fourth-order valence-corrected chi connectivity index (χ4v) is 3.43. The molecule has 0 radical (unpaired) electrons. The van der Waals surface area contributed by atoms with Gasteiger partial charge in [-0.2, -0.15) is 4.98 Å². The minimum absolute atomic E-state index is 0.0350. The number of rotatable bonds is 3. The highest BCUT2D eigenvalue weighted by Crippen LogP contribution is 2.25.